The number of alkyl halides is 1. The molecule has 0 fully saturated rings. The molecule has 2 N–H and O–H groups in total. The maximum Gasteiger partial charge on any atom is 0.274 e. The van der Waals surface area contributed by atoms with Crippen LogP contribution in [0.15, 0.2) is 66.7 Å². The number of carbonyl (C=O) groups excluding carboxylic acids is 1. The molecule has 0 saturated carbocycles. The van der Waals surface area contributed by atoms with Crippen molar-refractivity contribution < 1.29 is 9.53 Å². The van der Waals surface area contributed by atoms with Gasteiger partial charge >= 0.3 is 0 Å². The average Bonchev–Trinajstić information content (AvgIpc) is 3.54. The lowest BCUT2D eigenvalue weighted by Gasteiger charge is -2.19. The van der Waals surface area contributed by atoms with Gasteiger partial charge in [-0.05, 0) is 61.5 Å². The minimum absolute atomic E-state index is 0.0474. The Hall–Kier alpha value is -3.44. The summed E-state index contributed by atoms with van der Waals surface area (Å²) >= 11 is 6.42. The number of rotatable bonds is 7. The topological polar surface area (TPSA) is 57.4 Å². The molecule has 0 saturated heterocycles. The number of hydrogen-bond acceptors (Lipinski definition) is 3. The zero-order valence-electron chi connectivity index (χ0n) is 22.1. The molecule has 0 radical (unpaired) electrons. The molecule has 3 aromatic carbocycles. The number of nitrogens with one attached hydrogen (secondary N) is 2. The van der Waals surface area contributed by atoms with E-state index in [1.54, 1.807) is 7.11 Å². The summed E-state index contributed by atoms with van der Waals surface area (Å²) in [5.74, 6) is 1.27. The molecule has 1 amide bonds. The number of allylic oxidation sites excluding steroid dienone is 2. The second-order valence-electron chi connectivity index (χ2n) is 9.25. The molecule has 37 heavy (non-hydrogen) atoms. The molecule has 194 valence electrons. The van der Waals surface area contributed by atoms with E-state index in [1.165, 1.54) is 5.39 Å². The van der Waals surface area contributed by atoms with Gasteiger partial charge in [-0.15, -0.1) is 11.6 Å². The van der Waals surface area contributed by atoms with E-state index in [0.717, 1.165) is 58.4 Å². The minimum Gasteiger partial charge on any atom is -0.497 e. The molecule has 6 heteroatoms. The summed E-state index contributed by atoms with van der Waals surface area (Å²) in [6.45, 7) is 7.65. The molecule has 2 heterocycles. The average molecular weight is 518 g/mol. The third kappa shape index (κ3) is 5.47. The van der Waals surface area contributed by atoms with Crippen molar-refractivity contribution in [3.63, 3.8) is 0 Å². The summed E-state index contributed by atoms with van der Waals surface area (Å²) in [5, 5.41) is 6.88. The highest BCUT2D eigenvalue weighted by Crippen LogP contribution is 2.45. The van der Waals surface area contributed by atoms with Crippen LogP contribution in [0.5, 0.6) is 5.75 Å². The number of aromatic amines is 1. The van der Waals surface area contributed by atoms with Gasteiger partial charge in [-0.25, -0.2) is 0 Å². The molecule has 0 aliphatic carbocycles. The Morgan fingerprint density at radius 3 is 2.57 bits per heavy atom. The molecule has 1 aliphatic rings. The zero-order valence-corrected chi connectivity index (χ0v) is 22.9. The Kier molecular flexibility index (Phi) is 8.78. The maximum absolute atomic E-state index is 13.7. The van der Waals surface area contributed by atoms with E-state index in [1.807, 2.05) is 55.2 Å². The minimum atomic E-state index is -0.0474. The number of nitrogens with zero attached hydrogens (tertiary/aromatic N) is 1. The molecule has 5 rings (SSSR count). The second-order valence-corrected chi connectivity index (χ2v) is 9.56. The molecule has 5 nitrogen and oxygen atoms in total. The number of unbranched alkanes of at least 4 members (excludes halogenated alkanes) is 1. The van der Waals surface area contributed by atoms with E-state index in [9.17, 15) is 4.79 Å². The SMILES string of the molecule is C/C=C\C.CCCCNc1cc2c(c3ccccc13)C(CCl)CN2C(=O)c1cc2cc(OC)ccc2[nH]1. The van der Waals surface area contributed by atoms with Crippen molar-refractivity contribution >= 4 is 50.6 Å². The van der Waals surface area contributed by atoms with E-state index in [0.29, 0.717) is 18.1 Å². The number of aromatic nitrogens is 1. The lowest BCUT2D eigenvalue weighted by atomic mass is 9.95. The van der Waals surface area contributed by atoms with Crippen LogP contribution < -0.4 is 15.0 Å². The molecule has 0 spiro atoms. The van der Waals surface area contributed by atoms with Gasteiger partial charge in [0, 0.05) is 46.9 Å². The van der Waals surface area contributed by atoms with Crippen LogP contribution in [0.25, 0.3) is 21.7 Å². The molecule has 1 aliphatic heterocycles. The van der Waals surface area contributed by atoms with E-state index in [4.69, 9.17) is 16.3 Å². The van der Waals surface area contributed by atoms with E-state index >= 15 is 0 Å². The summed E-state index contributed by atoms with van der Waals surface area (Å²) in [6, 6.07) is 18.2. The van der Waals surface area contributed by atoms with Crippen LogP contribution in [0, 0.1) is 0 Å². The van der Waals surface area contributed by atoms with Gasteiger partial charge in [0.15, 0.2) is 0 Å². The smallest absolute Gasteiger partial charge is 0.274 e. The molecular weight excluding hydrogens is 482 g/mol. The van der Waals surface area contributed by atoms with Gasteiger partial charge in [0.05, 0.1) is 12.8 Å². The van der Waals surface area contributed by atoms with Gasteiger partial charge in [0.1, 0.15) is 11.4 Å². The monoisotopic (exact) mass is 517 g/mol. The first-order valence-corrected chi connectivity index (χ1v) is 13.5. The number of amides is 1. The first kappa shape index (κ1) is 26.6. The van der Waals surface area contributed by atoms with Gasteiger partial charge in [0.25, 0.3) is 5.91 Å². The molecule has 0 bridgehead atoms. The van der Waals surface area contributed by atoms with Crippen LogP contribution >= 0.6 is 11.6 Å². The fourth-order valence-electron chi connectivity index (χ4n) is 4.81. The number of methoxy groups -OCH3 is 1. The normalized spacial score (nSPS) is 14.6. The number of halogens is 1. The summed E-state index contributed by atoms with van der Waals surface area (Å²) in [6.07, 6.45) is 6.22. The fourth-order valence-corrected chi connectivity index (χ4v) is 5.06. The molecule has 4 aromatic rings. The number of H-pyrrole nitrogens is 1. The van der Waals surface area contributed by atoms with Gasteiger partial charge in [0.2, 0.25) is 0 Å². The standard InChI is InChI=1S/C27H28ClN3O2.C4H8/c1-3-4-11-29-23-14-25-26(21-8-6-5-7-20(21)23)18(15-28)16-31(25)27(32)24-13-17-12-19(33-2)9-10-22(17)30-24;1-3-4-2/h5-10,12-14,18,29-30H,3-4,11,15-16H2,1-2H3;3-4H,1-2H3/b;4-3-. The quantitative estimate of drug-likeness (QED) is 0.148. The van der Waals surface area contributed by atoms with Crippen molar-refractivity contribution in [1.29, 1.82) is 0 Å². The van der Waals surface area contributed by atoms with Crippen molar-refractivity contribution in [2.24, 2.45) is 0 Å². The number of benzene rings is 3. The van der Waals surface area contributed by atoms with Gasteiger partial charge in [-0.1, -0.05) is 49.8 Å². The molecular formula is C31H36ClN3O2. The highest BCUT2D eigenvalue weighted by Gasteiger charge is 2.35. The highest BCUT2D eigenvalue weighted by molar-refractivity contribution is 6.19. The van der Waals surface area contributed by atoms with Crippen LogP contribution in [-0.2, 0) is 0 Å². The lowest BCUT2D eigenvalue weighted by molar-refractivity contribution is 0.0984. The van der Waals surface area contributed by atoms with Crippen molar-refractivity contribution in [1.82, 2.24) is 4.98 Å². The van der Waals surface area contributed by atoms with Crippen LogP contribution in [-0.4, -0.2) is 37.0 Å². The Labute approximate surface area is 224 Å². The first-order valence-electron chi connectivity index (χ1n) is 13.0. The zero-order chi connectivity index (χ0) is 26.4. The summed E-state index contributed by atoms with van der Waals surface area (Å²) in [5.41, 5.74) is 4.64. The van der Waals surface area contributed by atoms with Crippen LogP contribution in [0.1, 0.15) is 55.6 Å². The predicted octanol–water partition coefficient (Wildman–Crippen LogP) is 8.11. The van der Waals surface area contributed by atoms with Crippen molar-refractivity contribution in [3.05, 3.63) is 78.0 Å². The van der Waals surface area contributed by atoms with E-state index in [-0.39, 0.29) is 11.8 Å². The first-order chi connectivity index (χ1) is 18.1. The van der Waals surface area contributed by atoms with Crippen molar-refractivity contribution in [2.75, 3.05) is 36.3 Å². The number of ether oxygens (including phenoxy) is 1. The predicted molar refractivity (Wildman–Crippen MR) is 158 cm³/mol. The Balaban J connectivity index is 0.000000747. The largest absolute Gasteiger partial charge is 0.497 e. The number of carbonyl (C=O) groups is 1. The number of hydrogen-bond donors (Lipinski definition) is 2. The van der Waals surface area contributed by atoms with Gasteiger partial charge < -0.3 is 19.9 Å². The fraction of sp³-hybridized carbons (Fsp3) is 0.323. The van der Waals surface area contributed by atoms with Crippen molar-refractivity contribution in [3.8, 4) is 5.75 Å². The van der Waals surface area contributed by atoms with Crippen LogP contribution in [0.3, 0.4) is 0 Å². The molecule has 1 aromatic heterocycles. The van der Waals surface area contributed by atoms with Crippen molar-refractivity contribution in [2.45, 2.75) is 39.5 Å². The Bertz CT molecular complexity index is 1400. The lowest BCUT2D eigenvalue weighted by Crippen LogP contribution is -2.30. The Morgan fingerprint density at radius 1 is 1.14 bits per heavy atom. The van der Waals surface area contributed by atoms with Gasteiger partial charge in [-0.2, -0.15) is 0 Å². The van der Waals surface area contributed by atoms with Crippen LogP contribution in [0.2, 0.25) is 0 Å². The third-order valence-electron chi connectivity index (χ3n) is 6.84. The highest BCUT2D eigenvalue weighted by atomic mass is 35.5. The molecule has 1 unspecified atom stereocenters. The summed E-state index contributed by atoms with van der Waals surface area (Å²) < 4.78 is 5.33. The number of anilines is 2. The van der Waals surface area contributed by atoms with Crippen LogP contribution in [0.4, 0.5) is 11.4 Å². The second kappa shape index (κ2) is 12.2. The van der Waals surface area contributed by atoms with E-state index < -0.39 is 0 Å². The van der Waals surface area contributed by atoms with Gasteiger partial charge in [-0.3, -0.25) is 4.79 Å². The summed E-state index contributed by atoms with van der Waals surface area (Å²) in [4.78, 5) is 18.9. The number of fused-ring (bicyclic) bond motifs is 4. The maximum atomic E-state index is 13.7. The summed E-state index contributed by atoms with van der Waals surface area (Å²) in [7, 11) is 1.64. The Morgan fingerprint density at radius 2 is 1.89 bits per heavy atom. The third-order valence-corrected chi connectivity index (χ3v) is 7.21. The van der Waals surface area contributed by atoms with E-state index in [2.05, 4.69) is 47.6 Å². The molecule has 1 atom stereocenters.